The van der Waals surface area contributed by atoms with Gasteiger partial charge in [0.05, 0.1) is 22.6 Å². The summed E-state index contributed by atoms with van der Waals surface area (Å²) in [6.07, 6.45) is 0. The Balaban J connectivity index is 0.947. The maximum Gasteiger partial charge on any atom is 0.160 e. The van der Waals surface area contributed by atoms with Gasteiger partial charge in [-0.1, -0.05) is 188 Å². The van der Waals surface area contributed by atoms with Crippen molar-refractivity contribution in [2.24, 2.45) is 0 Å². The zero-order chi connectivity index (χ0) is 41.0. The van der Waals surface area contributed by atoms with Crippen LogP contribution >= 0.6 is 11.3 Å². The van der Waals surface area contributed by atoms with E-state index in [0.29, 0.717) is 5.82 Å². The number of hydrogen-bond donors (Lipinski definition) is 0. The van der Waals surface area contributed by atoms with Gasteiger partial charge in [-0.3, -0.25) is 0 Å². The number of nitrogens with zero attached hydrogens (tertiary/aromatic N) is 3. The maximum absolute atomic E-state index is 6.26. The van der Waals surface area contributed by atoms with E-state index in [1.54, 1.807) is 0 Å². The molecule has 8 aromatic carbocycles. The van der Waals surface area contributed by atoms with E-state index in [9.17, 15) is 0 Å². The monoisotopic (exact) mass is 809 g/mol. The van der Waals surface area contributed by atoms with Crippen LogP contribution in [-0.2, 0) is 0 Å². The van der Waals surface area contributed by atoms with Crippen molar-refractivity contribution in [3.63, 3.8) is 0 Å². The molecule has 4 nitrogen and oxygen atoms in total. The van der Waals surface area contributed by atoms with Crippen molar-refractivity contribution in [2.75, 3.05) is 0 Å². The van der Waals surface area contributed by atoms with Gasteiger partial charge < -0.3 is 4.42 Å². The fraction of sp³-hybridized carbons (Fsp3) is 0. The molecule has 5 heteroatoms. The minimum atomic E-state index is 0.677. The molecule has 12 aromatic rings. The molecule has 0 spiro atoms. The normalized spacial score (nSPS) is 11.5. The van der Waals surface area contributed by atoms with Crippen molar-refractivity contribution in [3.05, 3.63) is 212 Å². The zero-order valence-corrected chi connectivity index (χ0v) is 34.2. The van der Waals surface area contributed by atoms with Gasteiger partial charge >= 0.3 is 0 Å². The molecule has 0 aliphatic rings. The topological polar surface area (TPSA) is 51.8 Å². The Labute approximate surface area is 362 Å². The number of furan rings is 1. The fourth-order valence-corrected chi connectivity index (χ4v) is 10.1. The molecule has 0 fully saturated rings. The Morgan fingerprint density at radius 3 is 1.66 bits per heavy atom. The van der Waals surface area contributed by atoms with Gasteiger partial charge in [0, 0.05) is 58.9 Å². The van der Waals surface area contributed by atoms with Crippen LogP contribution in [0.2, 0.25) is 0 Å². The molecule has 0 aliphatic heterocycles. The summed E-state index contributed by atoms with van der Waals surface area (Å²) in [4.78, 5) is 16.9. The third kappa shape index (κ3) is 6.18. The van der Waals surface area contributed by atoms with Crippen LogP contribution in [0.4, 0.5) is 0 Å². The highest BCUT2D eigenvalue weighted by Crippen LogP contribution is 2.50. The zero-order valence-electron chi connectivity index (χ0n) is 33.4. The van der Waals surface area contributed by atoms with Crippen molar-refractivity contribution in [1.82, 2.24) is 15.0 Å². The van der Waals surface area contributed by atoms with Crippen LogP contribution in [0.3, 0.4) is 0 Å². The second-order valence-corrected chi connectivity index (χ2v) is 16.5. The van der Waals surface area contributed by atoms with Crippen molar-refractivity contribution in [2.45, 2.75) is 0 Å². The Morgan fingerprint density at radius 1 is 0.371 bits per heavy atom. The van der Waals surface area contributed by atoms with Gasteiger partial charge in [-0.15, -0.1) is 11.3 Å². The largest absolute Gasteiger partial charge is 0.456 e. The Bertz CT molecular complexity index is 3600. The molecule has 0 saturated carbocycles. The number of aromatic nitrogens is 3. The molecular weight excluding hydrogens is 775 g/mol. The summed E-state index contributed by atoms with van der Waals surface area (Å²) >= 11 is 1.86. The summed E-state index contributed by atoms with van der Waals surface area (Å²) in [5.41, 5.74) is 15.3. The van der Waals surface area contributed by atoms with Crippen LogP contribution in [0.5, 0.6) is 0 Å². The van der Waals surface area contributed by atoms with E-state index in [2.05, 4.69) is 170 Å². The van der Waals surface area contributed by atoms with E-state index >= 15 is 0 Å². The van der Waals surface area contributed by atoms with Crippen molar-refractivity contribution >= 4 is 54.3 Å². The SMILES string of the molecule is c1ccc(-c2nc(-c3ccc(-c4ccc(-c5nc6ccccc6c6sc(-c7ccccc7)c(-c7ccccc7)c56)cc4)cc3)cc(-c3cccc4oc5ccccc5c34)n2)cc1. The number of pyridine rings is 1. The minimum absolute atomic E-state index is 0.677. The van der Waals surface area contributed by atoms with Gasteiger partial charge in [-0.25, -0.2) is 15.0 Å². The van der Waals surface area contributed by atoms with Crippen LogP contribution in [0.1, 0.15) is 0 Å². The molecule has 0 radical (unpaired) electrons. The number of fused-ring (bicyclic) bond motifs is 6. The predicted octanol–water partition coefficient (Wildman–Crippen LogP) is 15.8. The molecule has 12 rings (SSSR count). The smallest absolute Gasteiger partial charge is 0.160 e. The summed E-state index contributed by atoms with van der Waals surface area (Å²) in [5.74, 6) is 0.677. The maximum atomic E-state index is 6.26. The lowest BCUT2D eigenvalue weighted by Crippen LogP contribution is -1.96. The summed E-state index contributed by atoms with van der Waals surface area (Å²) in [7, 11) is 0. The minimum Gasteiger partial charge on any atom is -0.456 e. The molecule has 0 saturated heterocycles. The third-order valence-electron chi connectivity index (χ3n) is 11.7. The lowest BCUT2D eigenvalue weighted by molar-refractivity contribution is 0.669. The van der Waals surface area contributed by atoms with E-state index < -0.39 is 0 Å². The van der Waals surface area contributed by atoms with E-state index in [4.69, 9.17) is 19.4 Å². The molecule has 0 amide bonds. The highest BCUT2D eigenvalue weighted by molar-refractivity contribution is 7.24. The Morgan fingerprint density at radius 2 is 0.935 bits per heavy atom. The molecule has 62 heavy (non-hydrogen) atoms. The Hall–Kier alpha value is -7.99. The van der Waals surface area contributed by atoms with Crippen molar-refractivity contribution in [3.8, 4) is 77.9 Å². The van der Waals surface area contributed by atoms with Gasteiger partial charge in [0.25, 0.3) is 0 Å². The summed E-state index contributed by atoms with van der Waals surface area (Å²) < 4.78 is 7.51. The quantitative estimate of drug-likeness (QED) is 0.161. The molecule has 4 aromatic heterocycles. The first-order valence-electron chi connectivity index (χ1n) is 20.8. The van der Waals surface area contributed by atoms with Gasteiger partial charge in [-0.2, -0.15) is 0 Å². The van der Waals surface area contributed by atoms with Gasteiger partial charge in [-0.05, 0) is 46.5 Å². The van der Waals surface area contributed by atoms with Crippen LogP contribution in [0.25, 0.3) is 121 Å². The second kappa shape index (κ2) is 14.9. The molecule has 4 heterocycles. The number of rotatable bonds is 7. The molecule has 0 atom stereocenters. The first-order valence-corrected chi connectivity index (χ1v) is 21.6. The van der Waals surface area contributed by atoms with Crippen molar-refractivity contribution in [1.29, 1.82) is 0 Å². The first kappa shape index (κ1) is 35.9. The molecule has 0 bridgehead atoms. The highest BCUT2D eigenvalue weighted by Gasteiger charge is 2.23. The van der Waals surface area contributed by atoms with Crippen LogP contribution in [0, 0.1) is 0 Å². The molecule has 290 valence electrons. The molecule has 0 N–H and O–H groups in total. The molecule has 0 aliphatic carbocycles. The van der Waals surface area contributed by atoms with E-state index in [-0.39, 0.29) is 0 Å². The van der Waals surface area contributed by atoms with Crippen molar-refractivity contribution < 1.29 is 4.42 Å². The van der Waals surface area contributed by atoms with E-state index in [1.807, 2.05) is 53.8 Å². The van der Waals surface area contributed by atoms with E-state index in [1.165, 1.54) is 37.0 Å². The number of hydrogen-bond acceptors (Lipinski definition) is 5. The summed E-state index contributed by atoms with van der Waals surface area (Å²) in [6, 6.07) is 74.2. The fourth-order valence-electron chi connectivity index (χ4n) is 8.76. The first-order chi connectivity index (χ1) is 30.7. The number of benzene rings is 8. The summed E-state index contributed by atoms with van der Waals surface area (Å²) in [6.45, 7) is 0. The number of thiophene rings is 1. The lowest BCUT2D eigenvalue weighted by atomic mass is 9.94. The Kier molecular flexibility index (Phi) is 8.65. The van der Waals surface area contributed by atoms with Gasteiger partial charge in [0.1, 0.15) is 11.2 Å². The van der Waals surface area contributed by atoms with Crippen LogP contribution in [0.15, 0.2) is 217 Å². The van der Waals surface area contributed by atoms with Crippen LogP contribution < -0.4 is 0 Å². The van der Waals surface area contributed by atoms with Gasteiger partial charge in [0.2, 0.25) is 0 Å². The standard InChI is InChI=1S/C57H35N3OS/c1-4-15-39(16-5-1)51-53-54(58-46-24-12-10-21-44(46)56(53)62-55(51)41-17-6-2-7-18-41)40-33-29-37(30-34-40)36-27-31-38(32-28-36)47-35-48(60-57(59-47)42-19-8-3-9-20-42)43-23-14-26-50-52(43)45-22-11-13-25-49(45)61-50/h1-35H. The highest BCUT2D eigenvalue weighted by atomic mass is 32.1. The van der Waals surface area contributed by atoms with Gasteiger partial charge in [0.15, 0.2) is 5.82 Å². The lowest BCUT2D eigenvalue weighted by Gasteiger charge is -2.12. The average molecular weight is 810 g/mol. The molecular formula is C57H35N3OS. The number of para-hydroxylation sites is 2. The summed E-state index contributed by atoms with van der Waals surface area (Å²) in [5, 5.41) is 4.48. The molecule has 0 unspecified atom stereocenters. The van der Waals surface area contributed by atoms with E-state index in [0.717, 1.165) is 77.9 Å². The average Bonchev–Trinajstić information content (AvgIpc) is 3.95. The third-order valence-corrected chi connectivity index (χ3v) is 13.0. The van der Waals surface area contributed by atoms with Crippen LogP contribution in [-0.4, -0.2) is 15.0 Å². The second-order valence-electron chi connectivity index (χ2n) is 15.5. The predicted molar refractivity (Wildman–Crippen MR) is 258 cm³/mol.